The molecule has 7 nitrogen and oxygen atoms in total. The Hall–Kier alpha value is -2.87. The highest BCUT2D eigenvalue weighted by Gasteiger charge is 2.53. The number of nitrogens with one attached hydrogen (secondary N) is 1. The maximum atomic E-state index is 14.6. The Balaban J connectivity index is 1.69. The quantitative estimate of drug-likeness (QED) is 0.610. The Labute approximate surface area is 196 Å². The number of oxime groups is 1. The summed E-state index contributed by atoms with van der Waals surface area (Å²) in [4.78, 5) is 10.5. The lowest BCUT2D eigenvalue weighted by atomic mass is 9.88. The Morgan fingerprint density at radius 1 is 1.20 bits per heavy atom. The van der Waals surface area contributed by atoms with Crippen LogP contribution in [-0.4, -0.2) is 62.1 Å². The van der Waals surface area contributed by atoms with Crippen LogP contribution in [0.1, 0.15) is 17.7 Å². The zero-order valence-electron chi connectivity index (χ0n) is 18.5. The van der Waals surface area contributed by atoms with Gasteiger partial charge in [-0.25, -0.2) is 39.5 Å². The summed E-state index contributed by atoms with van der Waals surface area (Å²) in [7, 11) is -3.94. The summed E-state index contributed by atoms with van der Waals surface area (Å²) in [6.45, 7) is -1.11. The van der Waals surface area contributed by atoms with Crippen molar-refractivity contribution >= 4 is 15.9 Å². The molecule has 0 saturated carbocycles. The summed E-state index contributed by atoms with van der Waals surface area (Å²) < 4.78 is 111. The summed E-state index contributed by atoms with van der Waals surface area (Å²) in [5.41, 5.74) is -2.69. The first-order chi connectivity index (χ1) is 16.2. The third-order valence-corrected chi connectivity index (χ3v) is 6.47. The van der Waals surface area contributed by atoms with Crippen molar-refractivity contribution in [1.82, 2.24) is 14.6 Å². The van der Waals surface area contributed by atoms with E-state index in [9.17, 15) is 34.8 Å². The average molecular weight is 522 g/mol. The lowest BCUT2D eigenvalue weighted by Gasteiger charge is -2.26. The number of nitrogens with zero attached hydrogens (tertiary/aromatic N) is 3. The SMILES string of the molecule is Cc1cnc(C2(CF)CC(N3C[C@@H](NS(C)(=O)=O)C(F)(F)C3)=NO2)c(-c2c(F)cc(F)cc2F)c1. The Morgan fingerprint density at radius 3 is 2.46 bits per heavy atom. The van der Waals surface area contributed by atoms with Gasteiger partial charge < -0.3 is 9.74 Å². The molecule has 1 saturated heterocycles. The molecule has 2 aliphatic heterocycles. The van der Waals surface area contributed by atoms with E-state index in [0.717, 1.165) is 11.2 Å². The van der Waals surface area contributed by atoms with Crippen LogP contribution in [0.4, 0.5) is 26.3 Å². The number of benzene rings is 1. The Morgan fingerprint density at radius 2 is 1.86 bits per heavy atom. The standard InChI is InChI=1S/C21H20F6N4O3S/c1-11-3-13(18-14(24)4-12(23)5-15(18)25)19(28-7-11)20(9-22)6-17(29-34-20)31-8-16(21(26,27)10-31)30-35(2,32)33/h3-5,7,16,30H,6,8-10H2,1-2H3/t16-,20?/m1/s1. The van der Waals surface area contributed by atoms with Gasteiger partial charge in [-0.05, 0) is 18.6 Å². The van der Waals surface area contributed by atoms with Crippen molar-refractivity contribution in [3.8, 4) is 11.1 Å². The first kappa shape index (κ1) is 25.2. The van der Waals surface area contributed by atoms with Crippen LogP contribution in [0, 0.1) is 24.4 Å². The number of aryl methyl sites for hydroxylation is 1. The third kappa shape index (κ3) is 4.81. The number of sulfonamides is 1. The molecule has 1 N–H and O–H groups in total. The first-order valence-electron chi connectivity index (χ1n) is 10.3. The largest absolute Gasteiger partial charge is 0.378 e. The van der Waals surface area contributed by atoms with E-state index in [4.69, 9.17) is 4.84 Å². The number of halogens is 6. The second kappa shape index (κ2) is 8.66. The van der Waals surface area contributed by atoms with Crippen LogP contribution in [0.5, 0.6) is 0 Å². The van der Waals surface area contributed by atoms with Crippen molar-refractivity contribution < 1.29 is 39.6 Å². The molecule has 3 heterocycles. The van der Waals surface area contributed by atoms with E-state index in [1.165, 1.54) is 12.3 Å². The molecular formula is C21H20F6N4O3S. The van der Waals surface area contributed by atoms with Crippen LogP contribution in [0.15, 0.2) is 29.6 Å². The van der Waals surface area contributed by atoms with E-state index < -0.39 is 76.8 Å². The van der Waals surface area contributed by atoms with E-state index in [-0.39, 0.29) is 17.1 Å². The van der Waals surface area contributed by atoms with Crippen molar-refractivity contribution in [2.75, 3.05) is 26.0 Å². The number of alkyl halides is 3. The lowest BCUT2D eigenvalue weighted by molar-refractivity contribution is -0.0435. The average Bonchev–Trinajstić information content (AvgIpc) is 3.28. The molecule has 0 radical (unpaired) electrons. The molecule has 0 bridgehead atoms. The van der Waals surface area contributed by atoms with Gasteiger partial charge >= 0.3 is 0 Å². The molecule has 35 heavy (non-hydrogen) atoms. The zero-order valence-corrected chi connectivity index (χ0v) is 19.3. The number of pyridine rings is 1. The zero-order chi connectivity index (χ0) is 25.8. The van der Waals surface area contributed by atoms with Crippen molar-refractivity contribution in [1.29, 1.82) is 0 Å². The Bertz CT molecular complexity index is 1280. The summed E-state index contributed by atoms with van der Waals surface area (Å²) in [6.07, 6.45) is 1.61. The molecule has 0 spiro atoms. The molecule has 0 amide bonds. The molecule has 2 aliphatic rings. The van der Waals surface area contributed by atoms with E-state index >= 15 is 0 Å². The van der Waals surface area contributed by atoms with Gasteiger partial charge in [0.1, 0.15) is 36.0 Å². The smallest absolute Gasteiger partial charge is 0.282 e. The fourth-order valence-corrected chi connectivity index (χ4v) is 4.94. The van der Waals surface area contributed by atoms with E-state index in [1.54, 1.807) is 6.92 Å². The number of hydrogen-bond acceptors (Lipinski definition) is 6. The molecule has 2 atom stereocenters. The lowest BCUT2D eigenvalue weighted by Crippen LogP contribution is -2.46. The van der Waals surface area contributed by atoms with Crippen LogP contribution in [0.3, 0.4) is 0 Å². The van der Waals surface area contributed by atoms with Crippen molar-refractivity contribution in [2.24, 2.45) is 5.16 Å². The highest BCUT2D eigenvalue weighted by molar-refractivity contribution is 7.88. The maximum Gasteiger partial charge on any atom is 0.282 e. The van der Waals surface area contributed by atoms with Gasteiger partial charge in [0, 0.05) is 30.4 Å². The summed E-state index contributed by atoms with van der Waals surface area (Å²) in [5.74, 6) is -7.23. The summed E-state index contributed by atoms with van der Waals surface area (Å²) in [5, 5.41) is 3.74. The van der Waals surface area contributed by atoms with Crippen molar-refractivity contribution in [3.05, 3.63) is 53.1 Å². The second-order valence-corrected chi connectivity index (χ2v) is 10.4. The van der Waals surface area contributed by atoms with Crippen LogP contribution in [0.2, 0.25) is 0 Å². The van der Waals surface area contributed by atoms with Gasteiger partial charge in [0.2, 0.25) is 15.6 Å². The van der Waals surface area contributed by atoms with Gasteiger partial charge in [-0.1, -0.05) is 5.16 Å². The monoisotopic (exact) mass is 522 g/mol. The van der Waals surface area contributed by atoms with Gasteiger partial charge in [-0.15, -0.1) is 0 Å². The minimum Gasteiger partial charge on any atom is -0.378 e. The van der Waals surface area contributed by atoms with E-state index in [2.05, 4.69) is 10.1 Å². The van der Waals surface area contributed by atoms with Crippen LogP contribution >= 0.6 is 0 Å². The van der Waals surface area contributed by atoms with Gasteiger partial charge in [0.05, 0.1) is 30.5 Å². The molecule has 1 aromatic carbocycles. The fourth-order valence-electron chi connectivity index (χ4n) is 4.18. The van der Waals surface area contributed by atoms with Crippen molar-refractivity contribution in [2.45, 2.75) is 30.9 Å². The first-order valence-corrected chi connectivity index (χ1v) is 12.2. The topological polar surface area (TPSA) is 83.9 Å². The van der Waals surface area contributed by atoms with Gasteiger partial charge in [-0.3, -0.25) is 4.98 Å². The van der Waals surface area contributed by atoms with Crippen LogP contribution in [0.25, 0.3) is 11.1 Å². The molecule has 190 valence electrons. The highest BCUT2D eigenvalue weighted by atomic mass is 32.2. The van der Waals surface area contributed by atoms with Crippen LogP contribution in [-0.2, 0) is 20.5 Å². The number of likely N-dealkylation sites (tertiary alicyclic amines) is 1. The number of hydrogen-bond donors (Lipinski definition) is 1. The molecule has 2 aromatic rings. The van der Waals surface area contributed by atoms with E-state index in [0.29, 0.717) is 17.7 Å². The van der Waals surface area contributed by atoms with Gasteiger partial charge in [0.25, 0.3) is 5.92 Å². The maximum absolute atomic E-state index is 14.6. The highest BCUT2D eigenvalue weighted by Crippen LogP contribution is 2.43. The van der Waals surface area contributed by atoms with Gasteiger partial charge in [-0.2, -0.15) is 0 Å². The number of amidine groups is 1. The molecule has 14 heteroatoms. The summed E-state index contributed by atoms with van der Waals surface area (Å²) >= 11 is 0. The second-order valence-electron chi connectivity index (χ2n) is 8.64. The predicted octanol–water partition coefficient (Wildman–Crippen LogP) is 3.24. The molecule has 1 aromatic heterocycles. The molecule has 1 unspecified atom stereocenters. The third-order valence-electron chi connectivity index (χ3n) is 5.75. The number of rotatable bonds is 5. The molecule has 0 aliphatic carbocycles. The summed E-state index contributed by atoms with van der Waals surface area (Å²) in [6, 6.07) is 0.490. The van der Waals surface area contributed by atoms with Crippen LogP contribution < -0.4 is 4.72 Å². The predicted molar refractivity (Wildman–Crippen MR) is 113 cm³/mol. The number of aromatic nitrogens is 1. The van der Waals surface area contributed by atoms with E-state index in [1.807, 2.05) is 4.72 Å². The fraction of sp³-hybridized carbons (Fsp3) is 0.429. The molecule has 1 fully saturated rings. The van der Waals surface area contributed by atoms with Gasteiger partial charge in [0.15, 0.2) is 0 Å². The molecular weight excluding hydrogens is 502 g/mol. The minimum absolute atomic E-state index is 0.117. The normalized spacial score (nSPS) is 23.9. The minimum atomic E-state index is -3.94. The molecule has 4 rings (SSSR count). The Kier molecular flexibility index (Phi) is 6.24. The van der Waals surface area contributed by atoms with Crippen molar-refractivity contribution in [3.63, 3.8) is 0 Å².